The van der Waals surface area contributed by atoms with Gasteiger partial charge in [-0.3, -0.25) is 14.8 Å². The molecule has 3 aromatic rings. The maximum atomic E-state index is 12.5. The van der Waals surface area contributed by atoms with Gasteiger partial charge in [-0.1, -0.05) is 36.4 Å². The quantitative estimate of drug-likeness (QED) is 0.485. The van der Waals surface area contributed by atoms with E-state index in [1.807, 2.05) is 48.9 Å². The number of nitrogens with zero attached hydrogens (tertiary/aromatic N) is 3. The van der Waals surface area contributed by atoms with Crippen LogP contribution >= 0.6 is 0 Å². The molecule has 0 fully saturated rings. The van der Waals surface area contributed by atoms with Crippen LogP contribution in [0.1, 0.15) is 22.5 Å². The van der Waals surface area contributed by atoms with Crippen molar-refractivity contribution in [2.75, 3.05) is 0 Å². The van der Waals surface area contributed by atoms with E-state index in [1.54, 1.807) is 0 Å². The Kier molecular flexibility index (Phi) is 5.57. The Morgan fingerprint density at radius 2 is 1.82 bits per heavy atom. The molecule has 146 valence electrons. The van der Waals surface area contributed by atoms with Gasteiger partial charge < -0.3 is 0 Å². The van der Waals surface area contributed by atoms with Gasteiger partial charge in [-0.15, -0.1) is 0 Å². The number of non-ortho nitro benzene ring substituents is 1. The van der Waals surface area contributed by atoms with Crippen LogP contribution in [-0.4, -0.2) is 23.1 Å². The minimum atomic E-state index is -3.89. The number of hydrogen-bond donors (Lipinski definition) is 1. The van der Waals surface area contributed by atoms with Gasteiger partial charge in [0.05, 0.1) is 22.1 Å². The molecule has 0 saturated heterocycles. The van der Waals surface area contributed by atoms with Gasteiger partial charge >= 0.3 is 0 Å². The maximum Gasteiger partial charge on any atom is 0.270 e. The largest absolute Gasteiger partial charge is 0.270 e. The lowest BCUT2D eigenvalue weighted by Gasteiger charge is -2.08. The van der Waals surface area contributed by atoms with Crippen LogP contribution in [0.4, 0.5) is 5.69 Å². The summed E-state index contributed by atoms with van der Waals surface area (Å²) in [5.74, 6) is 0. The summed E-state index contributed by atoms with van der Waals surface area (Å²) >= 11 is 0. The van der Waals surface area contributed by atoms with Crippen molar-refractivity contribution in [3.8, 4) is 0 Å². The summed E-state index contributed by atoms with van der Waals surface area (Å²) < 4.78 is 29.4. The van der Waals surface area contributed by atoms with Gasteiger partial charge in [0.25, 0.3) is 5.69 Å². The van der Waals surface area contributed by atoms with Crippen LogP contribution in [0.5, 0.6) is 0 Å². The fourth-order valence-electron chi connectivity index (χ4n) is 2.91. The van der Waals surface area contributed by atoms with E-state index in [9.17, 15) is 18.5 Å². The number of rotatable bonds is 7. The number of aromatic nitrogens is 2. The van der Waals surface area contributed by atoms with E-state index in [-0.39, 0.29) is 17.1 Å². The molecule has 0 spiro atoms. The van der Waals surface area contributed by atoms with Crippen molar-refractivity contribution in [1.29, 1.82) is 0 Å². The molecule has 8 nitrogen and oxygen atoms in total. The third kappa shape index (κ3) is 4.26. The second kappa shape index (κ2) is 7.91. The smallest absolute Gasteiger partial charge is 0.265 e. The van der Waals surface area contributed by atoms with Gasteiger partial charge in [0.2, 0.25) is 10.0 Å². The lowest BCUT2D eigenvalue weighted by atomic mass is 10.2. The lowest BCUT2D eigenvalue weighted by Crippen LogP contribution is -2.24. The number of sulfonamides is 1. The van der Waals surface area contributed by atoms with Gasteiger partial charge in [-0.05, 0) is 25.5 Å². The molecule has 0 aliphatic rings. The molecule has 3 rings (SSSR count). The highest BCUT2D eigenvalue weighted by atomic mass is 32.2. The van der Waals surface area contributed by atoms with Crippen LogP contribution in [0.2, 0.25) is 0 Å². The van der Waals surface area contributed by atoms with Crippen LogP contribution in [0.3, 0.4) is 0 Å². The highest BCUT2D eigenvalue weighted by Crippen LogP contribution is 2.19. The Hall–Kier alpha value is -3.04. The zero-order valence-electron chi connectivity index (χ0n) is 15.5. The van der Waals surface area contributed by atoms with Crippen LogP contribution in [0.15, 0.2) is 59.5 Å². The molecular weight excluding hydrogens is 380 g/mol. The Morgan fingerprint density at radius 1 is 1.11 bits per heavy atom. The van der Waals surface area contributed by atoms with E-state index in [1.165, 1.54) is 18.2 Å². The topological polar surface area (TPSA) is 107 Å². The van der Waals surface area contributed by atoms with Crippen LogP contribution in [-0.2, 0) is 23.1 Å². The molecule has 28 heavy (non-hydrogen) atoms. The molecule has 9 heteroatoms. The summed E-state index contributed by atoms with van der Waals surface area (Å²) in [5, 5.41) is 15.4. The fourth-order valence-corrected chi connectivity index (χ4v) is 3.95. The summed E-state index contributed by atoms with van der Waals surface area (Å²) in [6.45, 7) is 4.36. The SMILES string of the molecule is Cc1nn(Cc2ccccc2)c(C)c1CNS(=O)(=O)c1cccc([N+](=O)[O-])c1. The molecule has 2 aromatic carbocycles. The molecule has 0 radical (unpaired) electrons. The molecule has 0 saturated carbocycles. The first kappa shape index (κ1) is 19.7. The van der Waals surface area contributed by atoms with Crippen LogP contribution in [0, 0.1) is 24.0 Å². The zero-order chi connectivity index (χ0) is 20.3. The summed E-state index contributed by atoms with van der Waals surface area (Å²) in [7, 11) is -3.89. The molecule has 0 aliphatic heterocycles. The number of nitro benzene ring substituents is 1. The number of hydrogen-bond acceptors (Lipinski definition) is 5. The molecule has 0 amide bonds. The maximum absolute atomic E-state index is 12.5. The molecule has 0 aliphatic carbocycles. The standard InChI is InChI=1S/C19H20N4O4S/c1-14-19(15(2)22(21-14)13-16-7-4-3-5-8-16)12-20-28(26,27)18-10-6-9-17(11-18)23(24)25/h3-11,20H,12-13H2,1-2H3. The Bertz CT molecular complexity index is 1110. The minimum Gasteiger partial charge on any atom is -0.265 e. The number of nitro groups is 1. The highest BCUT2D eigenvalue weighted by molar-refractivity contribution is 7.89. The van der Waals surface area contributed by atoms with E-state index < -0.39 is 14.9 Å². The van der Waals surface area contributed by atoms with E-state index in [0.717, 1.165) is 28.6 Å². The number of aryl methyl sites for hydroxylation is 1. The third-order valence-corrected chi connectivity index (χ3v) is 5.88. The van der Waals surface area contributed by atoms with E-state index in [4.69, 9.17) is 0 Å². The first-order chi connectivity index (χ1) is 13.3. The van der Waals surface area contributed by atoms with Crippen molar-refractivity contribution in [3.05, 3.63) is 87.2 Å². The Morgan fingerprint density at radius 3 is 2.50 bits per heavy atom. The van der Waals surface area contributed by atoms with Gasteiger partial charge in [0.1, 0.15) is 0 Å². The van der Waals surface area contributed by atoms with E-state index in [0.29, 0.717) is 6.54 Å². The normalized spacial score (nSPS) is 11.5. The van der Waals surface area contributed by atoms with Crippen molar-refractivity contribution in [2.45, 2.75) is 31.8 Å². The second-order valence-corrected chi connectivity index (χ2v) is 8.14. The van der Waals surface area contributed by atoms with E-state index in [2.05, 4.69) is 9.82 Å². The summed E-state index contributed by atoms with van der Waals surface area (Å²) in [5.41, 5.74) is 3.20. The fraction of sp³-hybridized carbons (Fsp3) is 0.211. The van der Waals surface area contributed by atoms with Gasteiger partial charge in [-0.2, -0.15) is 5.10 Å². The molecular formula is C19H20N4O4S. The molecule has 0 atom stereocenters. The average Bonchev–Trinajstić information content (AvgIpc) is 2.94. The van der Waals surface area contributed by atoms with Gasteiger partial charge in [0.15, 0.2) is 0 Å². The molecule has 1 aromatic heterocycles. The van der Waals surface area contributed by atoms with Crippen molar-refractivity contribution in [2.24, 2.45) is 0 Å². The third-order valence-electron chi connectivity index (χ3n) is 4.48. The molecule has 0 bridgehead atoms. The molecule has 0 unspecified atom stereocenters. The zero-order valence-corrected chi connectivity index (χ0v) is 16.3. The minimum absolute atomic E-state index is 0.0531. The summed E-state index contributed by atoms with van der Waals surface area (Å²) in [6.07, 6.45) is 0. The first-order valence-corrected chi connectivity index (χ1v) is 10.1. The number of nitrogens with one attached hydrogen (secondary N) is 1. The monoisotopic (exact) mass is 400 g/mol. The Balaban J connectivity index is 1.79. The van der Waals surface area contributed by atoms with Crippen LogP contribution in [0.25, 0.3) is 0 Å². The predicted molar refractivity (Wildman–Crippen MR) is 104 cm³/mol. The average molecular weight is 400 g/mol. The van der Waals surface area contributed by atoms with Gasteiger partial charge in [0, 0.05) is 29.9 Å². The Labute approximate surface area is 163 Å². The summed E-state index contributed by atoms with van der Waals surface area (Å²) in [4.78, 5) is 10.1. The molecule has 1 N–H and O–H groups in total. The van der Waals surface area contributed by atoms with Crippen molar-refractivity contribution < 1.29 is 13.3 Å². The second-order valence-electron chi connectivity index (χ2n) is 6.37. The van der Waals surface area contributed by atoms with Crippen LogP contribution < -0.4 is 4.72 Å². The lowest BCUT2D eigenvalue weighted by molar-refractivity contribution is -0.385. The van der Waals surface area contributed by atoms with Crippen molar-refractivity contribution in [1.82, 2.24) is 14.5 Å². The van der Waals surface area contributed by atoms with Crippen molar-refractivity contribution in [3.63, 3.8) is 0 Å². The molecule has 1 heterocycles. The first-order valence-electron chi connectivity index (χ1n) is 8.59. The predicted octanol–water partition coefficient (Wildman–Crippen LogP) is 2.93. The van der Waals surface area contributed by atoms with Gasteiger partial charge in [-0.25, -0.2) is 13.1 Å². The van der Waals surface area contributed by atoms with Crippen molar-refractivity contribution >= 4 is 15.7 Å². The number of benzene rings is 2. The summed E-state index contributed by atoms with van der Waals surface area (Å²) in [6, 6.07) is 14.8. The highest BCUT2D eigenvalue weighted by Gasteiger charge is 2.19. The van der Waals surface area contributed by atoms with E-state index >= 15 is 0 Å².